The summed E-state index contributed by atoms with van der Waals surface area (Å²) in [6, 6.07) is 13.4. The van der Waals surface area contributed by atoms with Crippen LogP contribution >= 0.6 is 11.6 Å². The highest BCUT2D eigenvalue weighted by molar-refractivity contribution is 6.30. The monoisotopic (exact) mass is 371 g/mol. The summed E-state index contributed by atoms with van der Waals surface area (Å²) in [4.78, 5) is 24.1. The van der Waals surface area contributed by atoms with E-state index in [1.165, 1.54) is 18.2 Å². The molecule has 8 nitrogen and oxygen atoms in total. The van der Waals surface area contributed by atoms with Crippen molar-refractivity contribution in [3.63, 3.8) is 0 Å². The number of rotatable bonds is 5. The van der Waals surface area contributed by atoms with E-state index in [2.05, 4.69) is 20.3 Å². The van der Waals surface area contributed by atoms with E-state index in [-0.39, 0.29) is 35.6 Å². The van der Waals surface area contributed by atoms with Gasteiger partial charge in [-0.3, -0.25) is 0 Å². The molecule has 0 aliphatic carbocycles. The molecule has 0 spiro atoms. The Labute approximate surface area is 153 Å². The molecule has 132 valence electrons. The predicted molar refractivity (Wildman–Crippen MR) is 96.2 cm³/mol. The zero-order valence-corrected chi connectivity index (χ0v) is 14.1. The highest BCUT2D eigenvalue weighted by Crippen LogP contribution is 2.23. The largest absolute Gasteiger partial charge is 0.507 e. The maximum atomic E-state index is 12.1. The lowest BCUT2D eigenvalue weighted by Gasteiger charge is -2.08. The molecule has 0 saturated carbocycles. The smallest absolute Gasteiger partial charge is 0.342 e. The molecule has 3 rings (SSSR count). The van der Waals surface area contributed by atoms with Gasteiger partial charge in [0.2, 0.25) is 11.9 Å². The Balaban J connectivity index is 1.70. The van der Waals surface area contributed by atoms with Gasteiger partial charge in [-0.05, 0) is 30.3 Å². The summed E-state index contributed by atoms with van der Waals surface area (Å²) in [7, 11) is 0. The van der Waals surface area contributed by atoms with Gasteiger partial charge in [-0.25, -0.2) is 4.79 Å². The minimum atomic E-state index is -0.740. The molecule has 0 saturated heterocycles. The number of phenolic OH excluding ortho intramolecular Hbond substituents is 1. The Morgan fingerprint density at radius 1 is 1.15 bits per heavy atom. The third-order valence-electron chi connectivity index (χ3n) is 3.24. The van der Waals surface area contributed by atoms with Crippen LogP contribution in [0.5, 0.6) is 5.75 Å². The van der Waals surface area contributed by atoms with Crippen molar-refractivity contribution in [1.82, 2.24) is 15.0 Å². The minimum absolute atomic E-state index is 0.0148. The van der Waals surface area contributed by atoms with Gasteiger partial charge in [-0.2, -0.15) is 15.0 Å². The van der Waals surface area contributed by atoms with Gasteiger partial charge >= 0.3 is 5.97 Å². The first kappa shape index (κ1) is 17.4. The molecule has 0 bridgehead atoms. The number of halogens is 1. The number of aromatic hydroxyl groups is 1. The maximum absolute atomic E-state index is 12.1. The number of ether oxygens (including phenoxy) is 1. The van der Waals surface area contributed by atoms with Crippen LogP contribution in [0.2, 0.25) is 5.02 Å². The van der Waals surface area contributed by atoms with E-state index in [1.807, 2.05) is 30.3 Å². The Morgan fingerprint density at radius 2 is 1.92 bits per heavy atom. The lowest BCUT2D eigenvalue weighted by atomic mass is 10.2. The van der Waals surface area contributed by atoms with Gasteiger partial charge in [0.25, 0.3) is 0 Å². The third-order valence-corrected chi connectivity index (χ3v) is 3.48. The van der Waals surface area contributed by atoms with Crippen LogP contribution in [-0.2, 0) is 11.3 Å². The van der Waals surface area contributed by atoms with Crippen LogP contribution in [0, 0.1) is 0 Å². The van der Waals surface area contributed by atoms with E-state index in [4.69, 9.17) is 22.1 Å². The summed E-state index contributed by atoms with van der Waals surface area (Å²) in [5.74, 6) is -0.638. The van der Waals surface area contributed by atoms with E-state index in [1.54, 1.807) is 0 Å². The average Bonchev–Trinajstić information content (AvgIpc) is 2.60. The molecule has 4 N–H and O–H groups in total. The number of benzene rings is 2. The molecule has 1 aromatic heterocycles. The SMILES string of the molecule is Nc1nc(COC(=O)c2ccc(Cl)cc2O)nc(Nc2ccccc2)n1. The standard InChI is InChI=1S/C17H14ClN5O3/c18-10-6-7-12(13(24)8-10)15(25)26-9-14-21-16(19)23-17(22-14)20-11-4-2-1-3-5-11/h1-8,24H,9H2,(H3,19,20,21,22,23). The normalized spacial score (nSPS) is 10.3. The number of nitrogens with zero attached hydrogens (tertiary/aromatic N) is 3. The molecular weight excluding hydrogens is 358 g/mol. The lowest BCUT2D eigenvalue weighted by Crippen LogP contribution is -2.11. The maximum Gasteiger partial charge on any atom is 0.342 e. The molecule has 0 atom stereocenters. The summed E-state index contributed by atoms with van der Waals surface area (Å²) in [6.07, 6.45) is 0. The molecular formula is C17H14ClN5O3. The topological polar surface area (TPSA) is 123 Å². The van der Waals surface area contributed by atoms with Crippen LogP contribution in [0.15, 0.2) is 48.5 Å². The summed E-state index contributed by atoms with van der Waals surface area (Å²) in [5, 5.41) is 13.0. The van der Waals surface area contributed by atoms with Gasteiger partial charge in [0, 0.05) is 10.7 Å². The third kappa shape index (κ3) is 4.37. The zero-order valence-electron chi connectivity index (χ0n) is 13.4. The molecule has 26 heavy (non-hydrogen) atoms. The second-order valence-corrected chi connectivity index (χ2v) is 5.60. The molecule has 0 fully saturated rings. The second kappa shape index (κ2) is 7.66. The van der Waals surface area contributed by atoms with Gasteiger partial charge in [0.1, 0.15) is 11.3 Å². The minimum Gasteiger partial charge on any atom is -0.507 e. The quantitative estimate of drug-likeness (QED) is 0.585. The number of hydrogen-bond donors (Lipinski definition) is 3. The Morgan fingerprint density at radius 3 is 2.65 bits per heavy atom. The van der Waals surface area contributed by atoms with Crippen molar-refractivity contribution in [2.45, 2.75) is 6.61 Å². The van der Waals surface area contributed by atoms with Gasteiger partial charge in [0.15, 0.2) is 12.4 Å². The number of phenols is 1. The Hall–Kier alpha value is -3.39. The second-order valence-electron chi connectivity index (χ2n) is 5.16. The summed E-state index contributed by atoms with van der Waals surface area (Å²) in [6.45, 7) is -0.239. The Bertz CT molecular complexity index is 937. The number of anilines is 3. The molecule has 9 heteroatoms. The average molecular weight is 372 g/mol. The number of hydrogen-bond acceptors (Lipinski definition) is 8. The fraction of sp³-hybridized carbons (Fsp3) is 0.0588. The van der Waals surface area contributed by atoms with E-state index < -0.39 is 5.97 Å². The molecule has 0 aliphatic rings. The van der Waals surface area contributed by atoms with Crippen molar-refractivity contribution >= 4 is 35.2 Å². The number of para-hydroxylation sites is 1. The van der Waals surface area contributed by atoms with Crippen LogP contribution in [0.1, 0.15) is 16.2 Å². The first-order valence-corrected chi connectivity index (χ1v) is 7.87. The molecule has 0 aliphatic heterocycles. The Kier molecular flexibility index (Phi) is 5.14. The van der Waals surface area contributed by atoms with Crippen molar-refractivity contribution in [1.29, 1.82) is 0 Å². The number of aromatic nitrogens is 3. The van der Waals surface area contributed by atoms with Gasteiger partial charge < -0.3 is 20.9 Å². The molecule has 1 heterocycles. The van der Waals surface area contributed by atoms with Crippen molar-refractivity contribution in [3.8, 4) is 5.75 Å². The highest BCUT2D eigenvalue weighted by Gasteiger charge is 2.14. The molecule has 0 radical (unpaired) electrons. The summed E-state index contributed by atoms with van der Waals surface area (Å²) in [5.41, 5.74) is 6.43. The number of nitrogen functional groups attached to an aromatic ring is 1. The number of carbonyl (C=O) groups is 1. The number of esters is 1. The van der Waals surface area contributed by atoms with Crippen LogP contribution in [0.25, 0.3) is 0 Å². The fourth-order valence-corrected chi connectivity index (χ4v) is 2.26. The van der Waals surface area contributed by atoms with Crippen molar-refractivity contribution in [3.05, 3.63) is 64.9 Å². The van der Waals surface area contributed by atoms with Crippen LogP contribution in [0.4, 0.5) is 17.6 Å². The lowest BCUT2D eigenvalue weighted by molar-refractivity contribution is 0.0459. The van der Waals surface area contributed by atoms with E-state index in [0.29, 0.717) is 5.02 Å². The van der Waals surface area contributed by atoms with Crippen LogP contribution in [0.3, 0.4) is 0 Å². The molecule has 3 aromatic rings. The van der Waals surface area contributed by atoms with Crippen LogP contribution < -0.4 is 11.1 Å². The molecule has 0 amide bonds. The summed E-state index contributed by atoms with van der Waals surface area (Å²) < 4.78 is 5.12. The van der Waals surface area contributed by atoms with Gasteiger partial charge in [-0.1, -0.05) is 29.8 Å². The first-order chi connectivity index (χ1) is 12.5. The first-order valence-electron chi connectivity index (χ1n) is 7.49. The van der Waals surface area contributed by atoms with Gasteiger partial charge in [0.05, 0.1) is 0 Å². The fourth-order valence-electron chi connectivity index (χ4n) is 2.09. The zero-order chi connectivity index (χ0) is 18.5. The highest BCUT2D eigenvalue weighted by atomic mass is 35.5. The predicted octanol–water partition coefficient (Wildman–Crippen LogP) is 2.91. The number of nitrogens with one attached hydrogen (secondary N) is 1. The van der Waals surface area contributed by atoms with E-state index in [0.717, 1.165) is 5.69 Å². The van der Waals surface area contributed by atoms with Crippen molar-refractivity contribution in [2.75, 3.05) is 11.1 Å². The molecule has 0 unspecified atom stereocenters. The van der Waals surface area contributed by atoms with Crippen molar-refractivity contribution < 1.29 is 14.6 Å². The molecule has 2 aromatic carbocycles. The van der Waals surface area contributed by atoms with Crippen molar-refractivity contribution in [2.24, 2.45) is 0 Å². The van der Waals surface area contributed by atoms with Crippen LogP contribution in [-0.4, -0.2) is 26.0 Å². The number of carbonyl (C=O) groups excluding carboxylic acids is 1. The van der Waals surface area contributed by atoms with Gasteiger partial charge in [-0.15, -0.1) is 0 Å². The van der Waals surface area contributed by atoms with E-state index >= 15 is 0 Å². The summed E-state index contributed by atoms with van der Waals surface area (Å²) >= 11 is 5.74. The number of nitrogens with two attached hydrogens (primary N) is 1. The van der Waals surface area contributed by atoms with E-state index in [9.17, 15) is 9.90 Å².